The van der Waals surface area contributed by atoms with E-state index < -0.39 is 38.5 Å². The molecule has 0 saturated carbocycles. The molecule has 0 aliphatic rings. The van der Waals surface area contributed by atoms with Crippen molar-refractivity contribution in [1.82, 2.24) is 20.3 Å². The molecule has 0 spiro atoms. The number of nitrogens with one attached hydrogen (secondary N) is 4. The Morgan fingerprint density at radius 1 is 1.03 bits per heavy atom. The Morgan fingerprint density at radius 2 is 1.69 bits per heavy atom. The maximum absolute atomic E-state index is 14.5. The number of nitrogens with zero attached hydrogens (tertiary/aromatic N) is 3. The molecule has 208 valence electrons. The van der Waals surface area contributed by atoms with Gasteiger partial charge in [-0.15, -0.1) is 0 Å². The number of rotatable bonds is 9. The number of carbonyl (C=O) groups excluding carboxylic acids is 2. The summed E-state index contributed by atoms with van der Waals surface area (Å²) >= 11 is 0. The van der Waals surface area contributed by atoms with Gasteiger partial charge in [-0.25, -0.2) is 27.6 Å². The van der Waals surface area contributed by atoms with Crippen molar-refractivity contribution in [3.63, 3.8) is 0 Å². The van der Waals surface area contributed by atoms with Crippen molar-refractivity contribution in [2.24, 2.45) is 0 Å². The Kier molecular flexibility index (Phi) is 9.01. The van der Waals surface area contributed by atoms with E-state index in [1.165, 1.54) is 32.2 Å². The molecule has 3 rings (SSSR count). The van der Waals surface area contributed by atoms with Crippen molar-refractivity contribution >= 4 is 50.7 Å². The Bertz CT molecular complexity index is 1440. The third-order valence-electron chi connectivity index (χ3n) is 4.88. The minimum absolute atomic E-state index is 0.0365. The van der Waals surface area contributed by atoms with Crippen molar-refractivity contribution in [3.8, 4) is 0 Å². The second-order valence-electron chi connectivity index (χ2n) is 9.57. The number of anilines is 5. The minimum Gasteiger partial charge on any atom is -0.444 e. The smallest absolute Gasteiger partial charge is 0.408 e. The Labute approximate surface area is 225 Å². The lowest BCUT2D eigenvalue weighted by atomic mass is 10.2. The van der Waals surface area contributed by atoms with Crippen LogP contribution in [0.2, 0.25) is 0 Å². The molecule has 4 N–H and O–H groups in total. The van der Waals surface area contributed by atoms with Crippen LogP contribution in [0.25, 0.3) is 0 Å². The molecule has 3 aromatic rings. The largest absolute Gasteiger partial charge is 0.444 e. The minimum atomic E-state index is -3.74. The van der Waals surface area contributed by atoms with E-state index in [0.717, 1.165) is 6.20 Å². The summed E-state index contributed by atoms with van der Waals surface area (Å²) in [5, 5.41) is 9.68. The number of carbonyl (C=O) groups is 2. The molecule has 2 aromatic heterocycles. The highest BCUT2D eigenvalue weighted by Gasteiger charge is 2.25. The molecule has 0 radical (unpaired) electrons. The molecule has 0 aliphatic heterocycles. The first-order chi connectivity index (χ1) is 18.2. The molecule has 39 heavy (non-hydrogen) atoms. The molecule has 0 unspecified atom stereocenters. The summed E-state index contributed by atoms with van der Waals surface area (Å²) in [7, 11) is -3.74. The highest BCUT2D eigenvalue weighted by molar-refractivity contribution is 7.92. The fourth-order valence-electron chi connectivity index (χ4n) is 3.02. The highest BCUT2D eigenvalue weighted by Crippen LogP contribution is 2.27. The topological polar surface area (TPSA) is 164 Å². The number of amides is 2. The SMILES string of the molecule is CC(C)S(=O)(=O)c1ncccc1Nc1nc(Nc2ccc(NC(=O)CNC(=O)OC(C)(C)C)cc2)ncc1F. The number of hydrogen-bond acceptors (Lipinski definition) is 10. The van der Waals surface area contributed by atoms with Gasteiger partial charge in [-0.3, -0.25) is 4.79 Å². The quantitative estimate of drug-likeness (QED) is 0.299. The molecule has 1 aromatic carbocycles. The molecule has 0 fully saturated rings. The predicted octanol–water partition coefficient (Wildman–Crippen LogP) is 4.14. The van der Waals surface area contributed by atoms with E-state index in [0.29, 0.717) is 11.4 Å². The Hall–Kier alpha value is -4.33. The van der Waals surface area contributed by atoms with Crippen LogP contribution in [0.15, 0.2) is 53.8 Å². The van der Waals surface area contributed by atoms with Crippen LogP contribution >= 0.6 is 0 Å². The van der Waals surface area contributed by atoms with Crippen LogP contribution in [0, 0.1) is 5.82 Å². The number of alkyl carbamates (subject to hydrolysis) is 1. The average Bonchev–Trinajstić information content (AvgIpc) is 2.85. The van der Waals surface area contributed by atoms with Gasteiger partial charge in [0.2, 0.25) is 11.9 Å². The first-order valence-electron chi connectivity index (χ1n) is 11.9. The van der Waals surface area contributed by atoms with Gasteiger partial charge in [-0.1, -0.05) is 0 Å². The Balaban J connectivity index is 1.65. The number of halogens is 1. The van der Waals surface area contributed by atoms with Gasteiger partial charge < -0.3 is 26.0 Å². The van der Waals surface area contributed by atoms with Gasteiger partial charge >= 0.3 is 6.09 Å². The maximum Gasteiger partial charge on any atom is 0.408 e. The number of hydrogen-bond donors (Lipinski definition) is 4. The van der Waals surface area contributed by atoms with Gasteiger partial charge in [0.05, 0.1) is 17.1 Å². The molecule has 0 saturated heterocycles. The normalized spacial score (nSPS) is 11.6. The van der Waals surface area contributed by atoms with Crippen molar-refractivity contribution in [1.29, 1.82) is 0 Å². The molecule has 2 heterocycles. The number of sulfone groups is 1. The van der Waals surface area contributed by atoms with E-state index in [9.17, 15) is 22.4 Å². The van der Waals surface area contributed by atoms with E-state index in [4.69, 9.17) is 4.74 Å². The van der Waals surface area contributed by atoms with Crippen LogP contribution in [0.5, 0.6) is 0 Å². The van der Waals surface area contributed by atoms with Crippen LogP contribution in [0.1, 0.15) is 34.6 Å². The summed E-state index contributed by atoms with van der Waals surface area (Å²) in [6.07, 6.45) is 1.58. The summed E-state index contributed by atoms with van der Waals surface area (Å²) in [6.45, 7) is 7.93. The van der Waals surface area contributed by atoms with Crippen molar-refractivity contribution in [3.05, 3.63) is 54.6 Å². The molecule has 0 bridgehead atoms. The molecular formula is C25H30FN7O5S. The van der Waals surface area contributed by atoms with Gasteiger partial charge in [0.1, 0.15) is 12.1 Å². The number of benzene rings is 1. The maximum atomic E-state index is 14.5. The highest BCUT2D eigenvalue weighted by atomic mass is 32.2. The van der Waals surface area contributed by atoms with Gasteiger partial charge in [0.25, 0.3) is 0 Å². The van der Waals surface area contributed by atoms with Gasteiger partial charge in [0.15, 0.2) is 26.5 Å². The molecule has 14 heteroatoms. The summed E-state index contributed by atoms with van der Waals surface area (Å²) in [5.41, 5.74) is 0.400. The van der Waals surface area contributed by atoms with Crippen LogP contribution in [0.3, 0.4) is 0 Å². The standard InChI is InChI=1S/C25H30FN7O5S/c1-15(2)39(36,37)22-19(7-6-12-27-22)32-21-18(26)13-28-23(33-21)31-17-10-8-16(9-11-17)30-20(34)14-29-24(35)38-25(3,4)5/h6-13,15H,14H2,1-5H3,(H,29,35)(H,30,34)(H2,28,31,32,33). The van der Waals surface area contributed by atoms with E-state index in [1.54, 1.807) is 45.0 Å². The van der Waals surface area contributed by atoms with E-state index in [1.807, 2.05) is 0 Å². The predicted molar refractivity (Wildman–Crippen MR) is 144 cm³/mol. The lowest BCUT2D eigenvalue weighted by Crippen LogP contribution is -2.37. The zero-order valence-electron chi connectivity index (χ0n) is 22.1. The van der Waals surface area contributed by atoms with E-state index >= 15 is 0 Å². The number of ether oxygens (including phenoxy) is 1. The fraction of sp³-hybridized carbons (Fsp3) is 0.320. The summed E-state index contributed by atoms with van der Waals surface area (Å²) in [4.78, 5) is 35.8. The number of pyridine rings is 1. The third-order valence-corrected chi connectivity index (χ3v) is 6.98. The molecule has 2 amide bonds. The molecular weight excluding hydrogens is 529 g/mol. The summed E-state index contributed by atoms with van der Waals surface area (Å²) in [5.74, 6) is -1.46. The summed E-state index contributed by atoms with van der Waals surface area (Å²) in [6, 6.07) is 9.46. The lowest BCUT2D eigenvalue weighted by molar-refractivity contribution is -0.115. The Morgan fingerprint density at radius 3 is 2.33 bits per heavy atom. The molecule has 12 nitrogen and oxygen atoms in total. The fourth-order valence-corrected chi connectivity index (χ4v) is 4.10. The van der Waals surface area contributed by atoms with Gasteiger partial charge in [-0.2, -0.15) is 4.98 Å². The third kappa shape index (κ3) is 8.33. The van der Waals surface area contributed by atoms with E-state index in [-0.39, 0.29) is 29.0 Å². The van der Waals surface area contributed by atoms with Crippen LogP contribution in [-0.2, 0) is 19.4 Å². The van der Waals surface area contributed by atoms with Crippen molar-refractivity contribution < 1.29 is 27.1 Å². The van der Waals surface area contributed by atoms with E-state index in [2.05, 4.69) is 36.2 Å². The average molecular weight is 560 g/mol. The van der Waals surface area contributed by atoms with Crippen molar-refractivity contribution in [2.75, 3.05) is 22.5 Å². The van der Waals surface area contributed by atoms with Gasteiger partial charge in [-0.05, 0) is 71.0 Å². The zero-order chi connectivity index (χ0) is 28.8. The summed E-state index contributed by atoms with van der Waals surface area (Å²) < 4.78 is 44.9. The zero-order valence-corrected chi connectivity index (χ0v) is 22.9. The van der Waals surface area contributed by atoms with Gasteiger partial charge in [0, 0.05) is 17.6 Å². The number of aromatic nitrogens is 3. The van der Waals surface area contributed by atoms with Crippen LogP contribution < -0.4 is 21.3 Å². The molecule has 0 aliphatic carbocycles. The van der Waals surface area contributed by atoms with Crippen LogP contribution in [0.4, 0.5) is 38.0 Å². The second kappa shape index (κ2) is 12.0. The first kappa shape index (κ1) is 29.2. The first-order valence-corrected chi connectivity index (χ1v) is 13.4. The van der Waals surface area contributed by atoms with Crippen molar-refractivity contribution in [2.45, 2.75) is 50.5 Å². The monoisotopic (exact) mass is 559 g/mol. The lowest BCUT2D eigenvalue weighted by Gasteiger charge is -2.19. The van der Waals surface area contributed by atoms with Crippen LogP contribution in [-0.4, -0.2) is 52.8 Å². The molecule has 0 atom stereocenters. The second-order valence-corrected chi connectivity index (χ2v) is 12.0.